The van der Waals surface area contributed by atoms with E-state index in [1.54, 1.807) is 28.7 Å². The Balaban J connectivity index is 1.09. The van der Waals surface area contributed by atoms with E-state index in [4.69, 9.17) is 21.3 Å². The normalized spacial score (nSPS) is 16.8. The number of halogens is 1. The molecule has 0 atom stereocenters. The Morgan fingerprint density at radius 2 is 2.02 bits per heavy atom. The van der Waals surface area contributed by atoms with Gasteiger partial charge in [0.25, 0.3) is 0 Å². The van der Waals surface area contributed by atoms with Crippen LogP contribution in [0.25, 0.3) is 5.65 Å². The fraction of sp³-hybridized carbons (Fsp3) is 0.414. The van der Waals surface area contributed by atoms with E-state index < -0.39 is 0 Å². The lowest BCUT2D eigenvalue weighted by molar-refractivity contribution is -0.133. The molecule has 0 saturated carbocycles. The maximum absolute atomic E-state index is 12.8. The van der Waals surface area contributed by atoms with E-state index in [1.165, 1.54) is 0 Å². The second-order valence-corrected chi connectivity index (χ2v) is 11.3. The van der Waals surface area contributed by atoms with E-state index >= 15 is 0 Å². The molecule has 0 unspecified atom stereocenters. The van der Waals surface area contributed by atoms with Crippen LogP contribution in [0.1, 0.15) is 12.0 Å². The number of anilines is 3. The third-order valence-corrected chi connectivity index (χ3v) is 8.28. The quantitative estimate of drug-likeness (QED) is 0.298. The van der Waals surface area contributed by atoms with E-state index in [0.29, 0.717) is 61.5 Å². The van der Waals surface area contributed by atoms with E-state index in [1.807, 2.05) is 47.5 Å². The number of piperazine rings is 1. The Morgan fingerprint density at radius 3 is 2.79 bits per heavy atom. The van der Waals surface area contributed by atoms with E-state index in [0.717, 1.165) is 30.9 Å². The summed E-state index contributed by atoms with van der Waals surface area (Å²) in [6.07, 6.45) is 5.71. The molecule has 0 aliphatic carbocycles. The third kappa shape index (κ3) is 5.76. The number of hydrogen-bond acceptors (Lipinski definition) is 9. The van der Waals surface area contributed by atoms with Crippen LogP contribution in [0.4, 0.5) is 17.3 Å². The molecule has 1 N–H and O–H groups in total. The molecule has 4 aromatic rings. The molecule has 0 bridgehead atoms. The van der Waals surface area contributed by atoms with Crippen molar-refractivity contribution >= 4 is 40.5 Å². The number of aromatic nitrogens is 5. The average molecular weight is 589 g/mol. The maximum Gasteiger partial charge on any atom is 0.247 e. The number of nitrogens with one attached hydrogen (secondary N) is 1. The molecule has 3 aromatic heterocycles. The molecule has 1 amide bonds. The number of benzene rings is 1. The van der Waals surface area contributed by atoms with E-state index in [9.17, 15) is 10.1 Å². The second-order valence-electron chi connectivity index (χ2n) is 10.8. The highest BCUT2D eigenvalue weighted by Crippen LogP contribution is 2.41. The number of rotatable bonds is 10. The van der Waals surface area contributed by atoms with Crippen molar-refractivity contribution in [3.05, 3.63) is 65.6 Å². The summed E-state index contributed by atoms with van der Waals surface area (Å²) in [4.78, 5) is 24.0. The highest BCUT2D eigenvalue weighted by Gasteiger charge is 2.45. The molecule has 218 valence electrons. The van der Waals surface area contributed by atoms with Crippen LogP contribution in [0, 0.1) is 11.3 Å². The first-order valence-electron chi connectivity index (χ1n) is 14.0. The SMILES string of the molecule is COCCN1CCN(C(=O)Cn2cc(Nc3nc4c(N5CC(CC#N)(c6cccc(Cl)c6)C5)cccn4n3)cn2)CC1. The van der Waals surface area contributed by atoms with Crippen LogP contribution in [-0.4, -0.2) is 99.6 Å². The molecule has 2 aliphatic rings. The zero-order chi connectivity index (χ0) is 29.1. The van der Waals surface area contributed by atoms with E-state index in [-0.39, 0.29) is 17.9 Å². The summed E-state index contributed by atoms with van der Waals surface area (Å²) in [7, 11) is 1.70. The Hall–Kier alpha value is -4.18. The molecule has 2 fully saturated rings. The van der Waals surface area contributed by atoms with Crippen molar-refractivity contribution < 1.29 is 9.53 Å². The molecule has 1 aromatic carbocycles. The lowest BCUT2D eigenvalue weighted by Crippen LogP contribution is -2.59. The number of carbonyl (C=O) groups is 1. The number of amides is 1. The molecular formula is C29H33ClN10O2. The van der Waals surface area contributed by atoms with Crippen molar-refractivity contribution in [1.29, 1.82) is 5.26 Å². The van der Waals surface area contributed by atoms with Gasteiger partial charge in [0.15, 0.2) is 5.65 Å². The largest absolute Gasteiger partial charge is 0.383 e. The standard InChI is InChI=1S/C29H33ClN10O2/c1-42-15-14-36-10-12-37(13-11-36)26(41)19-39-18-24(17-32-39)33-28-34-27-25(6-3-9-40(27)35-28)38-20-29(21-38,7-8-31)22-4-2-5-23(30)16-22/h2-6,9,16-18H,7,10-15,19-21H2,1H3,(H,33,35). The predicted octanol–water partition coefficient (Wildman–Crippen LogP) is 2.79. The van der Waals surface area contributed by atoms with Crippen LogP contribution < -0.4 is 10.2 Å². The van der Waals surface area contributed by atoms with Gasteiger partial charge in [0.05, 0.1) is 30.2 Å². The van der Waals surface area contributed by atoms with Gasteiger partial charge in [-0.1, -0.05) is 23.7 Å². The lowest BCUT2D eigenvalue weighted by atomic mass is 9.71. The van der Waals surface area contributed by atoms with Gasteiger partial charge in [0.1, 0.15) is 6.54 Å². The minimum absolute atomic E-state index is 0.0475. The van der Waals surface area contributed by atoms with Gasteiger partial charge >= 0.3 is 0 Å². The third-order valence-electron chi connectivity index (χ3n) is 8.05. The molecule has 0 radical (unpaired) electrons. The molecule has 2 aliphatic heterocycles. The summed E-state index contributed by atoms with van der Waals surface area (Å²) in [6.45, 7) is 6.22. The first-order valence-corrected chi connectivity index (χ1v) is 14.4. The maximum atomic E-state index is 12.8. The molecule has 13 heteroatoms. The predicted molar refractivity (Wildman–Crippen MR) is 159 cm³/mol. The van der Waals surface area contributed by atoms with Crippen molar-refractivity contribution in [2.75, 3.05) is 69.7 Å². The van der Waals surface area contributed by atoms with Crippen LogP contribution in [0.2, 0.25) is 5.02 Å². The molecular weight excluding hydrogens is 556 g/mol. The number of methoxy groups -OCH3 is 1. The first-order chi connectivity index (χ1) is 20.5. The minimum atomic E-state index is -0.281. The zero-order valence-electron chi connectivity index (χ0n) is 23.5. The Bertz CT molecular complexity index is 1600. The zero-order valence-corrected chi connectivity index (χ0v) is 24.2. The fourth-order valence-corrected chi connectivity index (χ4v) is 5.93. The van der Waals surface area contributed by atoms with Crippen molar-refractivity contribution in [2.45, 2.75) is 18.4 Å². The highest BCUT2D eigenvalue weighted by molar-refractivity contribution is 6.30. The molecule has 2 saturated heterocycles. The summed E-state index contributed by atoms with van der Waals surface area (Å²) < 4.78 is 8.52. The summed E-state index contributed by atoms with van der Waals surface area (Å²) in [5.74, 6) is 0.477. The van der Waals surface area contributed by atoms with Crippen molar-refractivity contribution in [2.24, 2.45) is 0 Å². The summed E-state index contributed by atoms with van der Waals surface area (Å²) >= 11 is 6.26. The van der Waals surface area contributed by atoms with Gasteiger partial charge in [-0.25, -0.2) is 4.52 Å². The number of ether oxygens (including phenoxy) is 1. The summed E-state index contributed by atoms with van der Waals surface area (Å²) in [5, 5.41) is 22.4. The number of fused-ring (bicyclic) bond motifs is 1. The van der Waals surface area contributed by atoms with Gasteiger partial charge in [-0.3, -0.25) is 14.4 Å². The number of pyridine rings is 1. The smallest absolute Gasteiger partial charge is 0.247 e. The molecule has 5 heterocycles. The lowest BCUT2D eigenvalue weighted by Gasteiger charge is -2.50. The highest BCUT2D eigenvalue weighted by atomic mass is 35.5. The van der Waals surface area contributed by atoms with Gasteiger partial charge < -0.3 is 19.9 Å². The van der Waals surface area contributed by atoms with Crippen LogP contribution in [0.15, 0.2) is 55.0 Å². The molecule has 6 rings (SSSR count). The van der Waals surface area contributed by atoms with Crippen LogP contribution >= 0.6 is 11.6 Å². The number of hydrogen-bond donors (Lipinski definition) is 1. The van der Waals surface area contributed by atoms with Gasteiger partial charge in [-0.15, -0.1) is 5.10 Å². The number of nitriles is 1. The van der Waals surface area contributed by atoms with Crippen molar-refractivity contribution in [3.8, 4) is 6.07 Å². The monoisotopic (exact) mass is 588 g/mol. The van der Waals surface area contributed by atoms with E-state index in [2.05, 4.69) is 31.4 Å². The summed E-state index contributed by atoms with van der Waals surface area (Å²) in [6, 6.07) is 14.1. The number of nitrogens with zero attached hydrogens (tertiary/aromatic N) is 9. The van der Waals surface area contributed by atoms with Crippen LogP contribution in [-0.2, 0) is 21.5 Å². The Labute approximate surface area is 249 Å². The minimum Gasteiger partial charge on any atom is -0.383 e. The van der Waals surface area contributed by atoms with Gasteiger partial charge in [-0.2, -0.15) is 15.3 Å². The second kappa shape index (κ2) is 12.0. The average Bonchev–Trinajstić information content (AvgIpc) is 3.60. The first kappa shape index (κ1) is 28.0. The van der Waals surface area contributed by atoms with Crippen LogP contribution in [0.3, 0.4) is 0 Å². The van der Waals surface area contributed by atoms with Crippen molar-refractivity contribution in [3.63, 3.8) is 0 Å². The van der Waals surface area contributed by atoms with Crippen LogP contribution in [0.5, 0.6) is 0 Å². The number of carbonyl (C=O) groups excluding carboxylic acids is 1. The fourth-order valence-electron chi connectivity index (χ4n) is 5.74. The topological polar surface area (TPSA) is 120 Å². The Kier molecular flexibility index (Phi) is 7.97. The molecule has 0 spiro atoms. The molecule has 12 nitrogen and oxygen atoms in total. The van der Waals surface area contributed by atoms with Gasteiger partial charge in [0.2, 0.25) is 11.9 Å². The van der Waals surface area contributed by atoms with Gasteiger partial charge in [0, 0.05) is 82.2 Å². The summed E-state index contributed by atoms with van der Waals surface area (Å²) in [5.41, 5.74) is 3.14. The Morgan fingerprint density at radius 1 is 1.19 bits per heavy atom. The molecule has 42 heavy (non-hydrogen) atoms. The van der Waals surface area contributed by atoms with Gasteiger partial charge in [-0.05, 0) is 29.8 Å². The van der Waals surface area contributed by atoms with Crippen molar-refractivity contribution in [1.82, 2.24) is 34.2 Å².